The Morgan fingerprint density at radius 3 is 2.60 bits per heavy atom. The number of ether oxygens (including phenoxy) is 1. The Bertz CT molecular complexity index is 1200. The maximum Gasteiger partial charge on any atom is 0.408 e. The molecule has 11 heteroatoms. The largest absolute Gasteiger partial charge is 0.444 e. The molecule has 0 radical (unpaired) electrons. The number of alkyl carbamates (subject to hydrolysis) is 1. The molecule has 3 heterocycles. The van der Waals surface area contributed by atoms with Crippen molar-refractivity contribution in [1.82, 2.24) is 24.9 Å². The van der Waals surface area contributed by atoms with Gasteiger partial charge in [0.2, 0.25) is 11.8 Å². The number of nitriles is 1. The highest BCUT2D eigenvalue weighted by molar-refractivity contribution is 5.94. The number of rotatable bonds is 7. The van der Waals surface area contributed by atoms with Gasteiger partial charge >= 0.3 is 6.09 Å². The summed E-state index contributed by atoms with van der Waals surface area (Å²) in [5.74, 6) is -0.468. The zero-order valence-electron chi connectivity index (χ0n) is 24.2. The van der Waals surface area contributed by atoms with E-state index >= 15 is 0 Å². The van der Waals surface area contributed by atoms with E-state index in [-0.39, 0.29) is 36.3 Å². The predicted molar refractivity (Wildman–Crippen MR) is 147 cm³/mol. The molecule has 3 fully saturated rings. The smallest absolute Gasteiger partial charge is 0.408 e. The van der Waals surface area contributed by atoms with Crippen LogP contribution in [0, 0.1) is 11.3 Å². The van der Waals surface area contributed by atoms with E-state index < -0.39 is 29.8 Å². The second kappa shape index (κ2) is 11.5. The van der Waals surface area contributed by atoms with Crippen molar-refractivity contribution in [3.05, 3.63) is 35.4 Å². The third kappa shape index (κ3) is 6.07. The standard InChI is InChI=1S/C29H40N6O5/c1-18(19-9-7-10-20(13-19)25(36)32(5)6)35-22-14-24(27(35)38)33(16-22)17-23(31-28(39)40-29(2,3)4)26(37)34-12-8-11-21(34)15-30/h7,9-10,13,18,21-24H,8,11-12,14,16-17H2,1-6H3,(H,31,39)/t18-,21-,22+,23-,24+/m0/s1. The van der Waals surface area contributed by atoms with Crippen LogP contribution in [0.2, 0.25) is 0 Å². The zero-order valence-corrected chi connectivity index (χ0v) is 24.2. The molecule has 11 nitrogen and oxygen atoms in total. The minimum atomic E-state index is -0.949. The summed E-state index contributed by atoms with van der Waals surface area (Å²) >= 11 is 0. The Kier molecular flexibility index (Phi) is 8.40. The molecule has 3 aliphatic heterocycles. The van der Waals surface area contributed by atoms with Crippen molar-refractivity contribution in [1.29, 1.82) is 5.26 Å². The molecular formula is C29H40N6O5. The molecule has 3 saturated heterocycles. The minimum Gasteiger partial charge on any atom is -0.444 e. The summed E-state index contributed by atoms with van der Waals surface area (Å²) in [7, 11) is 3.41. The maximum absolute atomic E-state index is 13.6. The number of piperazine rings is 1. The summed E-state index contributed by atoms with van der Waals surface area (Å²) in [5.41, 5.74) is 0.713. The maximum atomic E-state index is 13.6. The first kappa shape index (κ1) is 29.3. The van der Waals surface area contributed by atoms with Crippen LogP contribution < -0.4 is 5.32 Å². The van der Waals surface area contributed by atoms with E-state index in [4.69, 9.17) is 4.74 Å². The van der Waals surface area contributed by atoms with Crippen LogP contribution in [0.25, 0.3) is 0 Å². The molecule has 4 rings (SSSR count). The Morgan fingerprint density at radius 2 is 1.98 bits per heavy atom. The number of nitrogens with zero attached hydrogens (tertiary/aromatic N) is 5. The van der Waals surface area contributed by atoms with Gasteiger partial charge in [-0.1, -0.05) is 12.1 Å². The Hall–Kier alpha value is -3.65. The van der Waals surface area contributed by atoms with Gasteiger partial charge in [0.15, 0.2) is 0 Å². The van der Waals surface area contributed by atoms with Crippen LogP contribution in [0.3, 0.4) is 0 Å². The van der Waals surface area contributed by atoms with Crippen molar-refractivity contribution in [2.24, 2.45) is 0 Å². The number of amides is 4. The van der Waals surface area contributed by atoms with Crippen molar-refractivity contribution in [3.8, 4) is 6.07 Å². The van der Waals surface area contributed by atoms with E-state index in [0.29, 0.717) is 31.5 Å². The van der Waals surface area contributed by atoms with E-state index in [1.807, 2.05) is 34.9 Å². The summed E-state index contributed by atoms with van der Waals surface area (Å²) in [6.07, 6.45) is 1.24. The summed E-state index contributed by atoms with van der Waals surface area (Å²) < 4.78 is 5.41. The van der Waals surface area contributed by atoms with Crippen molar-refractivity contribution >= 4 is 23.8 Å². The Balaban J connectivity index is 1.48. The van der Waals surface area contributed by atoms with Crippen LogP contribution in [-0.2, 0) is 14.3 Å². The van der Waals surface area contributed by atoms with Crippen molar-refractivity contribution in [3.63, 3.8) is 0 Å². The number of carbonyl (C=O) groups excluding carboxylic acids is 4. The number of fused-ring (bicyclic) bond motifs is 2. The lowest BCUT2D eigenvalue weighted by Gasteiger charge is -2.39. The van der Waals surface area contributed by atoms with E-state index in [2.05, 4.69) is 11.4 Å². The molecule has 2 bridgehead atoms. The van der Waals surface area contributed by atoms with Crippen LogP contribution in [0.4, 0.5) is 4.79 Å². The number of benzene rings is 1. The fraction of sp³-hybridized carbons (Fsp3) is 0.621. The quantitative estimate of drug-likeness (QED) is 0.549. The number of likely N-dealkylation sites (tertiary alicyclic amines) is 3. The molecule has 216 valence electrons. The lowest BCUT2D eigenvalue weighted by molar-refractivity contribution is -0.141. The highest BCUT2D eigenvalue weighted by Crippen LogP contribution is 2.38. The lowest BCUT2D eigenvalue weighted by Crippen LogP contribution is -2.59. The first-order valence-electron chi connectivity index (χ1n) is 13.9. The summed E-state index contributed by atoms with van der Waals surface area (Å²) in [4.78, 5) is 59.1. The lowest BCUT2D eigenvalue weighted by atomic mass is 10.0. The van der Waals surface area contributed by atoms with Crippen LogP contribution in [0.5, 0.6) is 0 Å². The van der Waals surface area contributed by atoms with E-state index in [1.54, 1.807) is 40.9 Å². The van der Waals surface area contributed by atoms with Gasteiger partial charge in [0.25, 0.3) is 5.91 Å². The molecule has 1 aromatic rings. The molecule has 1 N–H and O–H groups in total. The van der Waals surface area contributed by atoms with Crippen LogP contribution in [0.15, 0.2) is 24.3 Å². The van der Waals surface area contributed by atoms with Crippen LogP contribution in [0.1, 0.15) is 68.9 Å². The van der Waals surface area contributed by atoms with Crippen LogP contribution in [-0.4, -0.2) is 107 Å². The molecule has 4 amide bonds. The molecule has 3 aliphatic rings. The zero-order chi connectivity index (χ0) is 29.4. The van der Waals surface area contributed by atoms with Gasteiger partial charge in [-0.15, -0.1) is 0 Å². The van der Waals surface area contributed by atoms with Gasteiger partial charge in [-0.05, 0) is 64.7 Å². The average Bonchev–Trinajstić information content (AvgIpc) is 3.60. The fourth-order valence-corrected chi connectivity index (χ4v) is 5.98. The minimum absolute atomic E-state index is 0.0346. The third-order valence-corrected chi connectivity index (χ3v) is 7.84. The van der Waals surface area contributed by atoms with Crippen molar-refractivity contribution in [2.75, 3.05) is 33.7 Å². The molecule has 0 aromatic heterocycles. The molecule has 0 aliphatic carbocycles. The molecular weight excluding hydrogens is 512 g/mol. The number of hydrogen-bond donors (Lipinski definition) is 1. The molecule has 0 saturated carbocycles. The van der Waals surface area contributed by atoms with Gasteiger partial charge in [0, 0.05) is 45.3 Å². The highest BCUT2D eigenvalue weighted by Gasteiger charge is 2.52. The third-order valence-electron chi connectivity index (χ3n) is 7.84. The van der Waals surface area contributed by atoms with E-state index in [0.717, 1.165) is 12.0 Å². The normalized spacial score (nSPS) is 24.0. The number of carbonyl (C=O) groups is 4. The average molecular weight is 553 g/mol. The molecule has 0 spiro atoms. The first-order chi connectivity index (χ1) is 18.8. The van der Waals surface area contributed by atoms with Gasteiger partial charge in [0.05, 0.1) is 18.2 Å². The van der Waals surface area contributed by atoms with Gasteiger partial charge in [-0.25, -0.2) is 4.79 Å². The summed E-state index contributed by atoms with van der Waals surface area (Å²) in [6, 6.07) is 7.37. The van der Waals surface area contributed by atoms with E-state index in [9.17, 15) is 24.4 Å². The van der Waals surface area contributed by atoms with Gasteiger partial charge in [0.1, 0.15) is 17.7 Å². The van der Waals surface area contributed by atoms with Gasteiger partial charge < -0.3 is 24.8 Å². The van der Waals surface area contributed by atoms with Gasteiger partial charge in [-0.2, -0.15) is 5.26 Å². The Morgan fingerprint density at radius 1 is 1.25 bits per heavy atom. The van der Waals surface area contributed by atoms with E-state index in [1.165, 1.54) is 9.80 Å². The monoisotopic (exact) mass is 552 g/mol. The number of nitrogens with one attached hydrogen (secondary N) is 1. The van der Waals surface area contributed by atoms with Gasteiger partial charge in [-0.3, -0.25) is 19.3 Å². The highest BCUT2D eigenvalue weighted by atomic mass is 16.6. The predicted octanol–water partition coefficient (Wildman–Crippen LogP) is 2.14. The summed E-state index contributed by atoms with van der Waals surface area (Å²) in [5, 5.41) is 12.2. The number of hydrogen-bond acceptors (Lipinski definition) is 7. The SMILES string of the molecule is C[C@@H](c1cccc(C(=O)N(C)C)c1)N1C(=O)[C@H]2C[C@@H]1CN2C[C@H](NC(=O)OC(C)(C)C)C(=O)N1CCC[C@H]1C#N. The molecule has 40 heavy (non-hydrogen) atoms. The second-order valence-electron chi connectivity index (χ2n) is 12.1. The summed E-state index contributed by atoms with van der Waals surface area (Å²) in [6.45, 7) is 8.36. The molecule has 5 atom stereocenters. The first-order valence-corrected chi connectivity index (χ1v) is 13.9. The van der Waals surface area contributed by atoms with Crippen LogP contribution >= 0.6 is 0 Å². The van der Waals surface area contributed by atoms with Crippen molar-refractivity contribution in [2.45, 2.75) is 82.8 Å². The van der Waals surface area contributed by atoms with Crippen molar-refractivity contribution < 1.29 is 23.9 Å². The molecule has 1 aromatic carbocycles. The molecule has 0 unspecified atom stereocenters. The second-order valence-corrected chi connectivity index (χ2v) is 12.1. The Labute approximate surface area is 236 Å². The fourth-order valence-electron chi connectivity index (χ4n) is 5.98. The topological polar surface area (TPSA) is 126 Å².